The fourth-order valence-electron chi connectivity index (χ4n) is 1.02. The minimum Gasteiger partial charge on any atom is -0.396 e. The zero-order valence-corrected chi connectivity index (χ0v) is 5.36. The Kier molecular flexibility index (Phi) is 1.90. The highest BCUT2D eigenvalue weighted by Crippen LogP contribution is 2.44. The number of aliphatic hydroxyl groups excluding tert-OH is 1. The molecular formula is C6H9F3O. The van der Waals surface area contributed by atoms with Gasteiger partial charge in [0.1, 0.15) is 0 Å². The summed E-state index contributed by atoms with van der Waals surface area (Å²) in [6.07, 6.45) is -2.97. The molecule has 1 aliphatic rings. The molecule has 1 rings (SSSR count). The zero-order chi connectivity index (χ0) is 7.78. The lowest BCUT2D eigenvalue weighted by Crippen LogP contribution is -2.27. The van der Waals surface area contributed by atoms with Gasteiger partial charge in [0.05, 0.1) is 12.5 Å². The van der Waals surface area contributed by atoms with Crippen LogP contribution >= 0.6 is 0 Å². The molecule has 0 aromatic rings. The molecule has 0 aromatic heterocycles. The van der Waals surface area contributed by atoms with Crippen LogP contribution in [0.3, 0.4) is 0 Å². The summed E-state index contributed by atoms with van der Waals surface area (Å²) in [5, 5.41) is 8.35. The second kappa shape index (κ2) is 2.42. The zero-order valence-electron chi connectivity index (χ0n) is 5.36. The summed E-state index contributed by atoms with van der Waals surface area (Å²) in [4.78, 5) is 0. The minimum absolute atomic E-state index is 0.301. The third-order valence-corrected chi connectivity index (χ3v) is 1.81. The third-order valence-electron chi connectivity index (χ3n) is 1.81. The summed E-state index contributed by atoms with van der Waals surface area (Å²) in [5.74, 6) is -1.77. The molecular weight excluding hydrogens is 145 g/mol. The molecule has 1 nitrogen and oxygen atoms in total. The van der Waals surface area contributed by atoms with E-state index in [-0.39, 0.29) is 5.92 Å². The van der Waals surface area contributed by atoms with Crippen molar-refractivity contribution < 1.29 is 18.3 Å². The van der Waals surface area contributed by atoms with Gasteiger partial charge >= 0.3 is 6.18 Å². The summed E-state index contributed by atoms with van der Waals surface area (Å²) in [5.41, 5.74) is 0. The lowest BCUT2D eigenvalue weighted by molar-refractivity contribution is -0.189. The molecule has 0 radical (unpaired) electrons. The van der Waals surface area contributed by atoms with Gasteiger partial charge in [-0.25, -0.2) is 0 Å². The Bertz CT molecular complexity index is 117. The van der Waals surface area contributed by atoms with Gasteiger partial charge < -0.3 is 5.11 Å². The minimum atomic E-state index is -4.20. The molecule has 0 heterocycles. The summed E-state index contributed by atoms with van der Waals surface area (Å²) >= 11 is 0. The van der Waals surface area contributed by atoms with Crippen LogP contribution in [0, 0.1) is 11.8 Å². The number of aliphatic hydroxyl groups is 1. The number of hydrogen-bond donors (Lipinski definition) is 1. The van der Waals surface area contributed by atoms with Crippen molar-refractivity contribution in [2.75, 3.05) is 6.61 Å². The van der Waals surface area contributed by atoms with E-state index in [0.717, 1.165) is 0 Å². The van der Waals surface area contributed by atoms with E-state index in [9.17, 15) is 13.2 Å². The van der Waals surface area contributed by atoms with E-state index >= 15 is 0 Å². The van der Waals surface area contributed by atoms with E-state index in [2.05, 4.69) is 0 Å². The molecule has 1 atom stereocenters. The van der Waals surface area contributed by atoms with E-state index in [1.165, 1.54) is 0 Å². The fraction of sp³-hybridized carbons (Fsp3) is 1.00. The van der Waals surface area contributed by atoms with Gasteiger partial charge in [-0.15, -0.1) is 0 Å². The maximum atomic E-state index is 11.9. The highest BCUT2D eigenvalue weighted by Gasteiger charge is 2.48. The highest BCUT2D eigenvalue weighted by molar-refractivity contribution is 4.84. The summed E-state index contributed by atoms with van der Waals surface area (Å²) in [7, 11) is 0. The van der Waals surface area contributed by atoms with E-state index in [1.807, 2.05) is 0 Å². The third kappa shape index (κ3) is 1.62. The van der Waals surface area contributed by atoms with Gasteiger partial charge in [0.2, 0.25) is 0 Å². The number of alkyl halides is 3. The first-order valence-corrected chi connectivity index (χ1v) is 3.23. The van der Waals surface area contributed by atoms with Gasteiger partial charge in [-0.3, -0.25) is 0 Å². The average molecular weight is 154 g/mol. The average Bonchev–Trinajstić information content (AvgIpc) is 2.46. The summed E-state index contributed by atoms with van der Waals surface area (Å²) in [6, 6.07) is 0. The van der Waals surface area contributed by atoms with Crippen LogP contribution in [0.5, 0.6) is 0 Å². The van der Waals surface area contributed by atoms with Gasteiger partial charge in [0, 0.05) is 0 Å². The normalized spacial score (nSPS) is 22.8. The van der Waals surface area contributed by atoms with Crippen LogP contribution in [0.1, 0.15) is 12.8 Å². The maximum absolute atomic E-state index is 11.9. The SMILES string of the molecule is OCC(C1CC1)C(F)(F)F. The van der Waals surface area contributed by atoms with Crippen LogP contribution in [-0.4, -0.2) is 17.9 Å². The Morgan fingerprint density at radius 2 is 1.90 bits per heavy atom. The van der Waals surface area contributed by atoms with Crippen molar-refractivity contribution in [3.8, 4) is 0 Å². The van der Waals surface area contributed by atoms with Crippen LogP contribution in [0.15, 0.2) is 0 Å². The number of hydrogen-bond acceptors (Lipinski definition) is 1. The molecule has 1 saturated carbocycles. The van der Waals surface area contributed by atoms with Gasteiger partial charge in [0.15, 0.2) is 0 Å². The molecule has 0 amide bonds. The Hall–Kier alpha value is -0.250. The lowest BCUT2D eigenvalue weighted by atomic mass is 10.1. The number of halogens is 3. The molecule has 1 N–H and O–H groups in total. The molecule has 10 heavy (non-hydrogen) atoms. The van der Waals surface area contributed by atoms with Crippen LogP contribution in [0.25, 0.3) is 0 Å². The second-order valence-corrected chi connectivity index (χ2v) is 2.67. The molecule has 4 heteroatoms. The second-order valence-electron chi connectivity index (χ2n) is 2.67. The Labute approximate surface area is 56.8 Å². The molecule has 1 unspecified atom stereocenters. The molecule has 0 bridgehead atoms. The van der Waals surface area contributed by atoms with E-state index in [0.29, 0.717) is 12.8 Å². The summed E-state index contributed by atoms with van der Waals surface area (Å²) in [6.45, 7) is -0.756. The first-order chi connectivity index (χ1) is 4.55. The fourth-order valence-corrected chi connectivity index (χ4v) is 1.02. The monoisotopic (exact) mass is 154 g/mol. The molecule has 0 aromatic carbocycles. The molecule has 1 fully saturated rings. The lowest BCUT2D eigenvalue weighted by Gasteiger charge is -2.16. The Morgan fingerprint density at radius 1 is 1.40 bits per heavy atom. The van der Waals surface area contributed by atoms with Crippen molar-refractivity contribution in [2.45, 2.75) is 19.0 Å². The van der Waals surface area contributed by atoms with Crippen molar-refractivity contribution in [1.29, 1.82) is 0 Å². The largest absolute Gasteiger partial charge is 0.396 e. The summed E-state index contributed by atoms with van der Waals surface area (Å²) < 4.78 is 35.6. The van der Waals surface area contributed by atoms with E-state index in [1.54, 1.807) is 0 Å². The van der Waals surface area contributed by atoms with E-state index < -0.39 is 18.7 Å². The predicted octanol–water partition coefficient (Wildman–Crippen LogP) is 1.57. The van der Waals surface area contributed by atoms with Gasteiger partial charge in [-0.05, 0) is 18.8 Å². The quantitative estimate of drug-likeness (QED) is 0.640. The molecule has 0 saturated heterocycles. The smallest absolute Gasteiger partial charge is 0.394 e. The van der Waals surface area contributed by atoms with Crippen molar-refractivity contribution >= 4 is 0 Å². The van der Waals surface area contributed by atoms with Crippen molar-refractivity contribution in [1.82, 2.24) is 0 Å². The Morgan fingerprint density at radius 3 is 2.00 bits per heavy atom. The topological polar surface area (TPSA) is 20.2 Å². The standard InChI is InChI=1S/C6H9F3O/c7-6(8,9)5(3-10)4-1-2-4/h4-5,10H,1-3H2. The maximum Gasteiger partial charge on any atom is 0.394 e. The van der Waals surface area contributed by atoms with Crippen LogP contribution in [0.4, 0.5) is 13.2 Å². The van der Waals surface area contributed by atoms with Gasteiger partial charge in [-0.2, -0.15) is 13.2 Å². The van der Waals surface area contributed by atoms with Crippen LogP contribution in [-0.2, 0) is 0 Å². The van der Waals surface area contributed by atoms with E-state index in [4.69, 9.17) is 5.11 Å². The van der Waals surface area contributed by atoms with Gasteiger partial charge in [-0.1, -0.05) is 0 Å². The number of rotatable bonds is 2. The van der Waals surface area contributed by atoms with Crippen molar-refractivity contribution in [3.05, 3.63) is 0 Å². The first-order valence-electron chi connectivity index (χ1n) is 3.23. The molecule has 0 spiro atoms. The highest BCUT2D eigenvalue weighted by atomic mass is 19.4. The van der Waals surface area contributed by atoms with Crippen molar-refractivity contribution in [2.24, 2.45) is 11.8 Å². The first kappa shape index (κ1) is 7.85. The predicted molar refractivity (Wildman–Crippen MR) is 29.4 cm³/mol. The Balaban J connectivity index is 2.46. The van der Waals surface area contributed by atoms with Crippen LogP contribution < -0.4 is 0 Å². The van der Waals surface area contributed by atoms with Gasteiger partial charge in [0.25, 0.3) is 0 Å². The molecule has 0 aliphatic heterocycles. The van der Waals surface area contributed by atoms with Crippen molar-refractivity contribution in [3.63, 3.8) is 0 Å². The molecule has 60 valence electrons. The molecule has 1 aliphatic carbocycles. The van der Waals surface area contributed by atoms with Crippen LogP contribution in [0.2, 0.25) is 0 Å².